The van der Waals surface area contributed by atoms with Gasteiger partial charge in [0.05, 0.1) is 19.8 Å². The van der Waals surface area contributed by atoms with Gasteiger partial charge in [-0.3, -0.25) is 19.2 Å². The van der Waals surface area contributed by atoms with Crippen molar-refractivity contribution in [2.75, 3.05) is 59.1 Å². The molecule has 0 heterocycles. The van der Waals surface area contributed by atoms with Crippen LogP contribution in [0.15, 0.2) is 0 Å². The number of ether oxygens (including phenoxy) is 1. The van der Waals surface area contributed by atoms with Crippen LogP contribution in [0.3, 0.4) is 0 Å². The molecule has 0 unspecified atom stereocenters. The molecule has 0 spiro atoms. The van der Waals surface area contributed by atoms with Crippen molar-refractivity contribution in [3.63, 3.8) is 0 Å². The van der Waals surface area contributed by atoms with Crippen LogP contribution in [0.25, 0.3) is 0 Å². The van der Waals surface area contributed by atoms with Gasteiger partial charge in [-0.05, 0) is 57.8 Å². The number of amides is 5. The van der Waals surface area contributed by atoms with Gasteiger partial charge in [0.25, 0.3) is 0 Å². The molecule has 15 heteroatoms. The highest BCUT2D eigenvalue weighted by Crippen LogP contribution is 2.03. The average molecular weight is 674 g/mol. The fourth-order valence-electron chi connectivity index (χ4n) is 4.51. The number of hydrogen-bond acceptors (Lipinski definition) is 10. The van der Waals surface area contributed by atoms with E-state index < -0.39 is 6.09 Å². The van der Waals surface area contributed by atoms with Gasteiger partial charge in [-0.2, -0.15) is 0 Å². The number of hydrogen-bond donors (Lipinski definition) is 6. The van der Waals surface area contributed by atoms with E-state index in [4.69, 9.17) is 16.5 Å². The molecule has 0 aromatic carbocycles. The van der Waals surface area contributed by atoms with E-state index >= 15 is 0 Å². The second-order valence-electron chi connectivity index (χ2n) is 11.5. The minimum atomic E-state index is -0.478. The lowest BCUT2D eigenvalue weighted by Gasteiger charge is -2.22. The number of rotatable bonds is 32. The highest BCUT2D eigenvalue weighted by atomic mass is 16.6. The van der Waals surface area contributed by atoms with Crippen LogP contribution in [0.5, 0.6) is 0 Å². The Morgan fingerprint density at radius 3 is 1.21 bits per heavy atom. The van der Waals surface area contributed by atoms with Gasteiger partial charge in [0, 0.05) is 65.0 Å². The van der Waals surface area contributed by atoms with Crippen LogP contribution in [0.4, 0.5) is 4.79 Å². The van der Waals surface area contributed by atoms with Crippen molar-refractivity contribution < 1.29 is 38.4 Å². The molecule has 8 N–H and O–H groups in total. The smallest absolute Gasteiger partial charge is 0.409 e. The van der Waals surface area contributed by atoms with Crippen LogP contribution >= 0.6 is 0 Å². The molecular weight excluding hydrogens is 610 g/mol. The van der Waals surface area contributed by atoms with Crippen molar-refractivity contribution in [3.8, 4) is 0 Å². The fraction of sp³-hybridized carbons (Fsp3) is 0.844. The molecular formula is C32H63N7O8. The van der Waals surface area contributed by atoms with Crippen molar-refractivity contribution >= 4 is 29.7 Å². The zero-order valence-electron chi connectivity index (χ0n) is 28.8. The van der Waals surface area contributed by atoms with Crippen LogP contribution in [0.2, 0.25) is 0 Å². The molecule has 0 aliphatic heterocycles. The Balaban J connectivity index is 4.05. The molecule has 0 aliphatic carbocycles. The van der Waals surface area contributed by atoms with Crippen molar-refractivity contribution in [1.29, 1.82) is 0 Å². The maximum Gasteiger partial charge on any atom is 0.409 e. The third kappa shape index (κ3) is 30.1. The largest absolute Gasteiger partial charge is 0.449 e. The minimum Gasteiger partial charge on any atom is -0.449 e. The molecule has 0 saturated heterocycles. The maximum absolute atomic E-state index is 12.5. The van der Waals surface area contributed by atoms with E-state index in [0.29, 0.717) is 77.9 Å². The highest BCUT2D eigenvalue weighted by molar-refractivity contribution is 5.77. The Bertz CT molecular complexity index is 779. The molecule has 0 bridgehead atoms. The quantitative estimate of drug-likeness (QED) is 0.0452. The van der Waals surface area contributed by atoms with Crippen LogP contribution < -0.4 is 33.1 Å². The molecule has 15 nitrogen and oxygen atoms in total. The highest BCUT2D eigenvalue weighted by Gasteiger charge is 2.15. The van der Waals surface area contributed by atoms with E-state index in [-0.39, 0.29) is 49.8 Å². The van der Waals surface area contributed by atoms with Gasteiger partial charge < -0.3 is 40.6 Å². The fourth-order valence-corrected chi connectivity index (χ4v) is 4.51. The van der Waals surface area contributed by atoms with Crippen molar-refractivity contribution in [2.45, 2.75) is 116 Å². The topological polar surface area (TPSA) is 216 Å². The Labute approximate surface area is 281 Å². The lowest BCUT2D eigenvalue weighted by molar-refractivity contribution is -0.122. The Morgan fingerprint density at radius 2 is 0.851 bits per heavy atom. The SMILES string of the molecule is CCCOC(=O)N(CCNC(=O)CCCCCNC(=O)CCCCCON)CCNC(=O)CCCCCNC(=O)CCCCCON. The average Bonchev–Trinajstić information content (AvgIpc) is 3.05. The normalized spacial score (nSPS) is 10.7. The number of nitrogens with one attached hydrogen (secondary N) is 4. The summed E-state index contributed by atoms with van der Waals surface area (Å²) in [6, 6.07) is 0. The summed E-state index contributed by atoms with van der Waals surface area (Å²) in [6.45, 7) is 5.47. The van der Waals surface area contributed by atoms with E-state index in [0.717, 1.165) is 64.2 Å². The minimum absolute atomic E-state index is 0.0324. The van der Waals surface area contributed by atoms with E-state index in [2.05, 4.69) is 30.9 Å². The maximum atomic E-state index is 12.5. The lowest BCUT2D eigenvalue weighted by Crippen LogP contribution is -2.43. The first-order chi connectivity index (χ1) is 22.8. The van der Waals surface area contributed by atoms with Crippen LogP contribution in [-0.2, 0) is 33.6 Å². The molecule has 274 valence electrons. The predicted molar refractivity (Wildman–Crippen MR) is 179 cm³/mol. The summed E-state index contributed by atoms with van der Waals surface area (Å²) >= 11 is 0. The van der Waals surface area contributed by atoms with Gasteiger partial charge >= 0.3 is 6.09 Å². The second-order valence-corrected chi connectivity index (χ2v) is 11.5. The summed E-state index contributed by atoms with van der Waals surface area (Å²) in [5, 5.41) is 11.5. The molecule has 0 aliphatic rings. The predicted octanol–water partition coefficient (Wildman–Crippen LogP) is 2.32. The summed E-state index contributed by atoms with van der Waals surface area (Å²) in [7, 11) is 0. The summed E-state index contributed by atoms with van der Waals surface area (Å²) in [6.07, 6.45) is 11.6. The van der Waals surface area contributed by atoms with Gasteiger partial charge in [-0.25, -0.2) is 16.6 Å². The van der Waals surface area contributed by atoms with Gasteiger partial charge in [0.15, 0.2) is 0 Å². The molecule has 0 radical (unpaired) electrons. The standard InChI is InChI=1S/C32H63N7O8/c1-2-25-45-32(44)39(23-21-37-30(42)15-7-3-11-19-35-28(40)17-9-5-13-26-46-33)24-22-38-31(43)16-8-4-12-20-36-29(41)18-10-6-14-27-47-34/h2-27,33-34H2,1H3,(H,35,40)(H,36,41)(H,37,42)(H,38,43). The van der Waals surface area contributed by atoms with E-state index in [1.165, 1.54) is 4.90 Å². The molecule has 0 rings (SSSR count). The third-order valence-electron chi connectivity index (χ3n) is 7.23. The second kappa shape index (κ2) is 32.9. The van der Waals surface area contributed by atoms with Gasteiger partial charge in [0.2, 0.25) is 23.6 Å². The van der Waals surface area contributed by atoms with Crippen LogP contribution in [-0.4, -0.2) is 93.7 Å². The van der Waals surface area contributed by atoms with E-state index in [1.807, 2.05) is 6.92 Å². The first-order valence-corrected chi connectivity index (χ1v) is 17.5. The van der Waals surface area contributed by atoms with Crippen molar-refractivity contribution in [1.82, 2.24) is 26.2 Å². The number of carbonyl (C=O) groups excluding carboxylic acids is 5. The van der Waals surface area contributed by atoms with E-state index in [1.54, 1.807) is 0 Å². The molecule has 47 heavy (non-hydrogen) atoms. The van der Waals surface area contributed by atoms with Crippen LogP contribution in [0, 0.1) is 0 Å². The molecule has 0 aromatic heterocycles. The number of unbranched alkanes of at least 4 members (excludes halogenated alkanes) is 8. The molecule has 5 amide bonds. The number of nitrogens with two attached hydrogens (primary N) is 2. The zero-order valence-corrected chi connectivity index (χ0v) is 28.8. The summed E-state index contributed by atoms with van der Waals surface area (Å²) in [5.41, 5.74) is 0. The van der Waals surface area contributed by atoms with Gasteiger partial charge in [-0.15, -0.1) is 0 Å². The number of carbonyl (C=O) groups is 5. The monoisotopic (exact) mass is 673 g/mol. The first-order valence-electron chi connectivity index (χ1n) is 17.5. The van der Waals surface area contributed by atoms with E-state index in [9.17, 15) is 24.0 Å². The number of nitrogens with zero attached hydrogens (tertiary/aromatic N) is 1. The summed E-state index contributed by atoms with van der Waals surface area (Å²) in [5.74, 6) is 9.82. The van der Waals surface area contributed by atoms with Gasteiger partial charge in [0.1, 0.15) is 0 Å². The van der Waals surface area contributed by atoms with Crippen LogP contribution in [0.1, 0.15) is 116 Å². The lowest BCUT2D eigenvalue weighted by atomic mass is 10.1. The Hall–Kier alpha value is -3.01. The van der Waals surface area contributed by atoms with Crippen molar-refractivity contribution in [3.05, 3.63) is 0 Å². The molecule has 0 saturated carbocycles. The summed E-state index contributed by atoms with van der Waals surface area (Å²) < 4.78 is 5.26. The first kappa shape index (κ1) is 44.0. The van der Waals surface area contributed by atoms with Crippen molar-refractivity contribution in [2.24, 2.45) is 11.8 Å². The zero-order chi connectivity index (χ0) is 34.8. The molecule has 0 atom stereocenters. The molecule has 0 fully saturated rings. The third-order valence-corrected chi connectivity index (χ3v) is 7.23. The Morgan fingerprint density at radius 1 is 0.489 bits per heavy atom. The summed E-state index contributed by atoms with van der Waals surface area (Å²) in [4.78, 5) is 71.2. The van der Waals surface area contributed by atoms with Gasteiger partial charge in [-0.1, -0.05) is 32.6 Å². The Kier molecular flexibility index (Phi) is 30.8. The molecule has 0 aromatic rings.